The molecule has 5 heteroatoms. The Labute approximate surface area is 141 Å². The lowest BCUT2D eigenvalue weighted by atomic mass is 9.98. The van der Waals surface area contributed by atoms with E-state index in [0.717, 1.165) is 42.0 Å². The summed E-state index contributed by atoms with van der Waals surface area (Å²) in [5.74, 6) is 0.355. The van der Waals surface area contributed by atoms with Gasteiger partial charge in [-0.3, -0.25) is 4.48 Å². The molecule has 1 N–H and O–H groups in total. The topological polar surface area (TPSA) is 45.0 Å². The Bertz CT molecular complexity index is 684. The van der Waals surface area contributed by atoms with Gasteiger partial charge < -0.3 is 22.1 Å². The average molecular weight is 362 g/mol. The Morgan fingerprint density at radius 3 is 2.45 bits per heavy atom. The van der Waals surface area contributed by atoms with Crippen LogP contribution < -0.4 is 21.5 Å². The van der Waals surface area contributed by atoms with Gasteiger partial charge in [-0.15, -0.1) is 0 Å². The average Bonchev–Trinajstić information content (AvgIpc) is 2.47. The van der Waals surface area contributed by atoms with Crippen molar-refractivity contribution in [2.24, 2.45) is 10.2 Å². The van der Waals surface area contributed by atoms with Gasteiger partial charge in [0.2, 0.25) is 0 Å². The van der Waals surface area contributed by atoms with Crippen LogP contribution in [-0.4, -0.2) is 25.7 Å². The molecule has 1 aliphatic rings. The van der Waals surface area contributed by atoms with Crippen molar-refractivity contribution in [2.75, 3.05) is 20.6 Å². The predicted molar refractivity (Wildman–Crippen MR) is 85.6 cm³/mol. The first kappa shape index (κ1) is 16.6. The van der Waals surface area contributed by atoms with Gasteiger partial charge in [0.05, 0.1) is 32.0 Å². The maximum Gasteiger partial charge on any atom is 0.180 e. The van der Waals surface area contributed by atoms with Crippen LogP contribution >= 0.6 is 0 Å². The molecule has 1 heterocycles. The summed E-state index contributed by atoms with van der Waals surface area (Å²) in [6, 6.07) is 13.3. The van der Waals surface area contributed by atoms with Gasteiger partial charge in [0.15, 0.2) is 11.4 Å². The van der Waals surface area contributed by atoms with Crippen molar-refractivity contribution < 1.29 is 22.1 Å². The standard InChI is InChI=1S/C17H19N3O.BrH/c1-20(2)12-6-9-14-15(10-11-16(21)17(14)20)19-18-13-7-4-3-5-8-13;/h3-5,7-8,10-11H,6,9,12H2,1-2H3;1H. The molecule has 1 aliphatic heterocycles. The summed E-state index contributed by atoms with van der Waals surface area (Å²) in [5, 5.41) is 18.9. The fourth-order valence-electron chi connectivity index (χ4n) is 3.00. The molecule has 0 unspecified atom stereocenters. The molecule has 0 fully saturated rings. The molecule has 0 amide bonds. The summed E-state index contributed by atoms with van der Waals surface area (Å²) in [4.78, 5) is 0. The van der Waals surface area contributed by atoms with E-state index in [1.54, 1.807) is 6.07 Å². The van der Waals surface area contributed by atoms with Gasteiger partial charge in [-0.05, 0) is 30.7 Å². The number of phenols is 1. The second kappa shape index (κ2) is 6.58. The third kappa shape index (κ3) is 3.20. The monoisotopic (exact) mass is 361 g/mol. The lowest BCUT2D eigenvalue weighted by Crippen LogP contribution is -3.00. The smallest absolute Gasteiger partial charge is 0.180 e. The molecule has 116 valence electrons. The van der Waals surface area contributed by atoms with Crippen LogP contribution in [0.25, 0.3) is 0 Å². The minimum absolute atomic E-state index is 0. The number of hydrogen-bond acceptors (Lipinski definition) is 3. The van der Waals surface area contributed by atoms with Crippen molar-refractivity contribution in [1.29, 1.82) is 0 Å². The summed E-state index contributed by atoms with van der Waals surface area (Å²) in [5.41, 5.74) is 3.79. The van der Waals surface area contributed by atoms with Crippen LogP contribution in [0.4, 0.5) is 17.1 Å². The van der Waals surface area contributed by atoms with Crippen LogP contribution in [-0.2, 0) is 6.42 Å². The number of benzene rings is 2. The van der Waals surface area contributed by atoms with Gasteiger partial charge in [0.1, 0.15) is 0 Å². The summed E-state index contributed by atoms with van der Waals surface area (Å²) >= 11 is 0. The van der Waals surface area contributed by atoms with Gasteiger partial charge in [0.25, 0.3) is 0 Å². The van der Waals surface area contributed by atoms with Gasteiger partial charge in [-0.25, -0.2) is 0 Å². The minimum Gasteiger partial charge on any atom is -1.00 e. The molecule has 2 aromatic rings. The molecular formula is C17H20BrN3O. The van der Waals surface area contributed by atoms with Crippen molar-refractivity contribution in [3.8, 4) is 5.75 Å². The fourth-order valence-corrected chi connectivity index (χ4v) is 3.00. The molecular weight excluding hydrogens is 342 g/mol. The van der Waals surface area contributed by atoms with Gasteiger partial charge in [-0.1, -0.05) is 18.2 Å². The largest absolute Gasteiger partial charge is 1.00 e. The number of halogens is 1. The third-order valence-corrected chi connectivity index (χ3v) is 4.02. The second-order valence-corrected chi connectivity index (χ2v) is 5.98. The number of aromatic hydroxyl groups is 1. The lowest BCUT2D eigenvalue weighted by Gasteiger charge is -2.35. The molecule has 3 rings (SSSR count). The highest BCUT2D eigenvalue weighted by Gasteiger charge is 2.32. The van der Waals surface area contributed by atoms with Crippen LogP contribution in [0.15, 0.2) is 52.7 Å². The minimum atomic E-state index is 0. The van der Waals surface area contributed by atoms with Gasteiger partial charge in [0, 0.05) is 12.0 Å². The molecule has 0 atom stereocenters. The first-order valence-corrected chi connectivity index (χ1v) is 7.23. The maximum absolute atomic E-state index is 10.2. The van der Waals surface area contributed by atoms with Crippen LogP contribution in [0.5, 0.6) is 5.75 Å². The Morgan fingerprint density at radius 2 is 1.73 bits per heavy atom. The third-order valence-electron chi connectivity index (χ3n) is 4.02. The molecule has 4 nitrogen and oxygen atoms in total. The molecule has 22 heavy (non-hydrogen) atoms. The van der Waals surface area contributed by atoms with E-state index in [2.05, 4.69) is 24.3 Å². The molecule has 0 bridgehead atoms. The first-order valence-electron chi connectivity index (χ1n) is 7.23. The van der Waals surface area contributed by atoms with Crippen molar-refractivity contribution in [2.45, 2.75) is 12.8 Å². The van der Waals surface area contributed by atoms with E-state index < -0.39 is 0 Å². The highest BCUT2D eigenvalue weighted by molar-refractivity contribution is 5.70. The van der Waals surface area contributed by atoms with Crippen LogP contribution in [0.3, 0.4) is 0 Å². The van der Waals surface area contributed by atoms with E-state index in [9.17, 15) is 5.11 Å². The summed E-state index contributed by atoms with van der Waals surface area (Å²) in [6.45, 7) is 1.03. The van der Waals surface area contributed by atoms with E-state index in [1.165, 1.54) is 0 Å². The maximum atomic E-state index is 10.2. The fraction of sp³-hybridized carbons (Fsp3) is 0.294. The number of rotatable bonds is 2. The Balaban J connectivity index is 0.00000176. The van der Waals surface area contributed by atoms with Gasteiger partial charge >= 0.3 is 0 Å². The highest BCUT2D eigenvalue weighted by atomic mass is 79.9. The Hall–Kier alpha value is -1.72. The van der Waals surface area contributed by atoms with Crippen LogP contribution in [0.1, 0.15) is 12.0 Å². The number of hydrogen-bond donors (Lipinski definition) is 1. The summed E-state index contributed by atoms with van der Waals surface area (Å²) in [6.07, 6.45) is 2.03. The number of quaternary nitrogens is 1. The molecule has 0 saturated heterocycles. The van der Waals surface area contributed by atoms with Crippen LogP contribution in [0, 0.1) is 0 Å². The zero-order valence-electron chi connectivity index (χ0n) is 12.8. The van der Waals surface area contributed by atoms with E-state index in [4.69, 9.17) is 0 Å². The van der Waals surface area contributed by atoms with E-state index >= 15 is 0 Å². The van der Waals surface area contributed by atoms with Crippen molar-refractivity contribution in [3.63, 3.8) is 0 Å². The summed E-state index contributed by atoms with van der Waals surface area (Å²) in [7, 11) is 4.24. The number of nitrogens with zero attached hydrogens (tertiary/aromatic N) is 3. The summed E-state index contributed by atoms with van der Waals surface area (Å²) < 4.78 is 0.690. The Morgan fingerprint density at radius 1 is 1.00 bits per heavy atom. The molecule has 2 aromatic carbocycles. The van der Waals surface area contributed by atoms with E-state index in [-0.39, 0.29) is 17.0 Å². The quantitative estimate of drug-likeness (QED) is 0.636. The number of phenolic OH excluding ortho intramolecular Hbond substituents is 1. The highest BCUT2D eigenvalue weighted by Crippen LogP contribution is 2.43. The van der Waals surface area contributed by atoms with E-state index in [0.29, 0.717) is 10.2 Å². The molecule has 0 radical (unpaired) electrons. The SMILES string of the molecule is C[N+]1(C)CCCc2c(/N=N/c3ccccc3)ccc(O)c21.[Br-]. The lowest BCUT2D eigenvalue weighted by molar-refractivity contribution is -0.00000559. The normalized spacial score (nSPS) is 16.1. The predicted octanol–water partition coefficient (Wildman–Crippen LogP) is 1.32. The zero-order valence-corrected chi connectivity index (χ0v) is 14.4. The molecule has 0 aromatic heterocycles. The van der Waals surface area contributed by atoms with Crippen molar-refractivity contribution in [3.05, 3.63) is 48.0 Å². The van der Waals surface area contributed by atoms with Gasteiger partial charge in [-0.2, -0.15) is 10.2 Å². The number of azo groups is 1. The zero-order chi connectivity index (χ0) is 14.9. The van der Waals surface area contributed by atoms with E-state index in [1.807, 2.05) is 36.4 Å². The first-order chi connectivity index (χ1) is 10.1. The van der Waals surface area contributed by atoms with Crippen LogP contribution in [0.2, 0.25) is 0 Å². The van der Waals surface area contributed by atoms with Crippen molar-refractivity contribution in [1.82, 2.24) is 4.48 Å². The van der Waals surface area contributed by atoms with Crippen molar-refractivity contribution >= 4 is 17.1 Å². The number of fused-ring (bicyclic) bond motifs is 1. The molecule has 0 saturated carbocycles. The molecule has 0 spiro atoms. The Kier molecular flexibility index (Phi) is 4.98. The molecule has 0 aliphatic carbocycles. The second-order valence-electron chi connectivity index (χ2n) is 5.98.